The van der Waals surface area contributed by atoms with Crippen LogP contribution in [0, 0.1) is 0 Å². The number of hydrogen-bond acceptors (Lipinski definition) is 8. The quantitative estimate of drug-likeness (QED) is 0.489. The number of carbonyl (C=O) groups excluding carboxylic acids is 1. The lowest BCUT2D eigenvalue weighted by atomic mass is 9.98. The molecular formula is C25H32ClN7O4S. The zero-order valence-corrected chi connectivity index (χ0v) is 23.3. The van der Waals surface area contributed by atoms with Gasteiger partial charge in [0.2, 0.25) is 10.0 Å². The average Bonchev–Trinajstić information content (AvgIpc) is 3.32. The van der Waals surface area contributed by atoms with Crippen LogP contribution in [0.25, 0.3) is 5.65 Å². The van der Waals surface area contributed by atoms with E-state index >= 15 is 0 Å². The summed E-state index contributed by atoms with van der Waals surface area (Å²) in [5, 5.41) is 5.31. The van der Waals surface area contributed by atoms with E-state index in [-0.39, 0.29) is 23.2 Å². The Labute approximate surface area is 227 Å². The van der Waals surface area contributed by atoms with Crippen LogP contribution >= 0.6 is 11.6 Å². The van der Waals surface area contributed by atoms with E-state index < -0.39 is 10.0 Å². The van der Waals surface area contributed by atoms with Crippen LogP contribution in [0.1, 0.15) is 41.4 Å². The number of sulfonamides is 1. The SMILES string of the molecule is CN(C)c1cc(N2CCOCC2)n2nc(C3CCCCN3C(=O)c3cc(Cl)ccc3NS(C)(=O)=O)cc2n1. The summed E-state index contributed by atoms with van der Waals surface area (Å²) in [6.45, 7) is 3.31. The number of carbonyl (C=O) groups is 1. The third-order valence-corrected chi connectivity index (χ3v) is 7.65. The fourth-order valence-electron chi connectivity index (χ4n) is 4.99. The van der Waals surface area contributed by atoms with Gasteiger partial charge in [-0.05, 0) is 37.5 Å². The lowest BCUT2D eigenvalue weighted by Crippen LogP contribution is -2.39. The number of piperidine rings is 1. The molecule has 0 bridgehead atoms. The minimum absolute atomic E-state index is 0.202. The molecule has 11 nitrogen and oxygen atoms in total. The smallest absolute Gasteiger partial charge is 0.256 e. The molecule has 1 N–H and O–H groups in total. The van der Waals surface area contributed by atoms with Gasteiger partial charge in [0.25, 0.3) is 5.91 Å². The summed E-state index contributed by atoms with van der Waals surface area (Å²) in [5.41, 5.74) is 1.86. The topological polar surface area (TPSA) is 112 Å². The molecule has 2 aliphatic heterocycles. The summed E-state index contributed by atoms with van der Waals surface area (Å²) < 4.78 is 33.8. The van der Waals surface area contributed by atoms with Gasteiger partial charge in [0.05, 0.1) is 42.5 Å². The van der Waals surface area contributed by atoms with E-state index in [1.165, 1.54) is 12.1 Å². The molecule has 4 heterocycles. The largest absolute Gasteiger partial charge is 0.378 e. The highest BCUT2D eigenvalue weighted by Crippen LogP contribution is 2.35. The zero-order valence-electron chi connectivity index (χ0n) is 21.7. The van der Waals surface area contributed by atoms with Crippen molar-refractivity contribution in [2.24, 2.45) is 0 Å². The van der Waals surface area contributed by atoms with Crippen molar-refractivity contribution in [3.05, 3.63) is 46.6 Å². The molecular weight excluding hydrogens is 530 g/mol. The highest BCUT2D eigenvalue weighted by atomic mass is 35.5. The number of benzene rings is 1. The van der Waals surface area contributed by atoms with E-state index in [0.29, 0.717) is 30.4 Å². The second-order valence-electron chi connectivity index (χ2n) is 9.88. The van der Waals surface area contributed by atoms with Crippen LogP contribution in [-0.2, 0) is 14.8 Å². The Bertz CT molecular complexity index is 1450. The second-order valence-corrected chi connectivity index (χ2v) is 12.1. The van der Waals surface area contributed by atoms with Crippen LogP contribution < -0.4 is 14.5 Å². The van der Waals surface area contributed by atoms with E-state index in [2.05, 4.69) is 9.62 Å². The average molecular weight is 562 g/mol. The number of amides is 1. The molecule has 204 valence electrons. The summed E-state index contributed by atoms with van der Waals surface area (Å²) >= 11 is 6.22. The van der Waals surface area contributed by atoms with Crippen molar-refractivity contribution in [2.75, 3.05) is 67.7 Å². The molecule has 1 atom stereocenters. The molecule has 13 heteroatoms. The number of likely N-dealkylation sites (tertiary alicyclic amines) is 1. The Hall–Kier alpha value is -3.09. The number of rotatable bonds is 6. The molecule has 0 aliphatic carbocycles. The maximum atomic E-state index is 13.9. The summed E-state index contributed by atoms with van der Waals surface area (Å²) in [6, 6.07) is 8.26. The standard InChI is InChI=1S/C25H32ClN7O4S/c1-30(2)22-16-24(31-10-12-37-13-11-31)33-23(27-22)15-20(28-33)21-6-4-5-9-32(21)25(34)18-14-17(26)7-8-19(18)29-38(3,35)36/h7-8,14-16,21,29H,4-6,9-13H2,1-3H3. The third-order valence-electron chi connectivity index (χ3n) is 6.82. The maximum Gasteiger partial charge on any atom is 0.256 e. The number of anilines is 3. The molecule has 5 rings (SSSR count). The lowest BCUT2D eigenvalue weighted by Gasteiger charge is -2.35. The number of nitrogens with one attached hydrogen (secondary N) is 1. The first kappa shape index (κ1) is 26.5. The van der Waals surface area contributed by atoms with Gasteiger partial charge < -0.3 is 19.4 Å². The van der Waals surface area contributed by atoms with Crippen molar-refractivity contribution in [3.63, 3.8) is 0 Å². The van der Waals surface area contributed by atoms with Gasteiger partial charge in [0, 0.05) is 50.9 Å². The summed E-state index contributed by atoms with van der Waals surface area (Å²) in [5.74, 6) is 1.45. The van der Waals surface area contributed by atoms with Gasteiger partial charge in [0.1, 0.15) is 11.6 Å². The molecule has 0 saturated carbocycles. The summed E-state index contributed by atoms with van der Waals surface area (Å²) in [6.07, 6.45) is 3.57. The van der Waals surface area contributed by atoms with Gasteiger partial charge in [-0.2, -0.15) is 9.61 Å². The molecule has 3 aromatic rings. The first-order valence-corrected chi connectivity index (χ1v) is 14.9. The Morgan fingerprint density at radius 1 is 1.13 bits per heavy atom. The first-order chi connectivity index (χ1) is 18.1. The van der Waals surface area contributed by atoms with Gasteiger partial charge in [-0.3, -0.25) is 9.52 Å². The van der Waals surface area contributed by atoms with Gasteiger partial charge in [-0.15, -0.1) is 0 Å². The van der Waals surface area contributed by atoms with Gasteiger partial charge in [-0.25, -0.2) is 13.4 Å². The number of aromatic nitrogens is 3. The minimum atomic E-state index is -3.59. The number of halogens is 1. The molecule has 1 unspecified atom stereocenters. The maximum absolute atomic E-state index is 13.9. The van der Waals surface area contributed by atoms with Gasteiger partial charge in [0.15, 0.2) is 5.65 Å². The predicted octanol–water partition coefficient (Wildman–Crippen LogP) is 3.02. The van der Waals surface area contributed by atoms with E-state index in [0.717, 1.165) is 55.9 Å². The van der Waals surface area contributed by atoms with E-state index in [1.54, 1.807) is 11.0 Å². The summed E-state index contributed by atoms with van der Waals surface area (Å²) in [4.78, 5) is 24.6. The molecule has 2 aliphatic rings. The Morgan fingerprint density at radius 2 is 1.89 bits per heavy atom. The fraction of sp³-hybridized carbons (Fsp3) is 0.480. The Balaban J connectivity index is 1.55. The molecule has 0 radical (unpaired) electrons. The van der Waals surface area contributed by atoms with Crippen molar-refractivity contribution in [1.82, 2.24) is 19.5 Å². The van der Waals surface area contributed by atoms with Gasteiger partial charge >= 0.3 is 0 Å². The van der Waals surface area contributed by atoms with Crippen molar-refractivity contribution in [1.29, 1.82) is 0 Å². The number of fused-ring (bicyclic) bond motifs is 1. The molecule has 2 fully saturated rings. The lowest BCUT2D eigenvalue weighted by molar-refractivity contribution is 0.0607. The van der Waals surface area contributed by atoms with E-state index in [4.69, 9.17) is 26.4 Å². The molecule has 1 amide bonds. The molecule has 38 heavy (non-hydrogen) atoms. The Morgan fingerprint density at radius 3 is 2.61 bits per heavy atom. The zero-order chi connectivity index (χ0) is 27.0. The van der Waals surface area contributed by atoms with Crippen molar-refractivity contribution < 1.29 is 17.9 Å². The van der Waals surface area contributed by atoms with Crippen LogP contribution in [-0.4, -0.2) is 87.0 Å². The van der Waals surface area contributed by atoms with E-state index in [9.17, 15) is 13.2 Å². The van der Waals surface area contributed by atoms with Crippen LogP contribution in [0.5, 0.6) is 0 Å². The molecule has 0 spiro atoms. The number of nitrogens with zero attached hydrogens (tertiary/aromatic N) is 6. The highest BCUT2D eigenvalue weighted by Gasteiger charge is 2.33. The monoisotopic (exact) mass is 561 g/mol. The van der Waals surface area contributed by atoms with Crippen molar-refractivity contribution in [2.45, 2.75) is 25.3 Å². The van der Waals surface area contributed by atoms with E-state index in [1.807, 2.05) is 35.6 Å². The number of hydrogen-bond donors (Lipinski definition) is 1. The van der Waals surface area contributed by atoms with Crippen LogP contribution in [0.4, 0.5) is 17.3 Å². The Kier molecular flexibility index (Phi) is 7.38. The van der Waals surface area contributed by atoms with Crippen LogP contribution in [0.2, 0.25) is 5.02 Å². The van der Waals surface area contributed by atoms with Crippen LogP contribution in [0.3, 0.4) is 0 Å². The molecule has 2 aromatic heterocycles. The first-order valence-electron chi connectivity index (χ1n) is 12.6. The number of ether oxygens (including phenoxy) is 1. The number of morpholine rings is 1. The van der Waals surface area contributed by atoms with Gasteiger partial charge in [-0.1, -0.05) is 11.6 Å². The van der Waals surface area contributed by atoms with Crippen molar-refractivity contribution >= 4 is 50.5 Å². The molecule has 1 aromatic carbocycles. The highest BCUT2D eigenvalue weighted by molar-refractivity contribution is 7.92. The van der Waals surface area contributed by atoms with Crippen LogP contribution in [0.15, 0.2) is 30.3 Å². The van der Waals surface area contributed by atoms with Crippen molar-refractivity contribution in [3.8, 4) is 0 Å². The normalized spacial score (nSPS) is 18.6. The minimum Gasteiger partial charge on any atom is -0.378 e. The molecule has 2 saturated heterocycles. The fourth-order valence-corrected chi connectivity index (χ4v) is 5.74. The second kappa shape index (κ2) is 10.6. The predicted molar refractivity (Wildman–Crippen MR) is 148 cm³/mol. The third kappa shape index (κ3) is 5.52. The summed E-state index contributed by atoms with van der Waals surface area (Å²) in [7, 11) is 0.313.